The van der Waals surface area contributed by atoms with Gasteiger partial charge in [0.05, 0.1) is 0 Å². The van der Waals surface area contributed by atoms with E-state index in [-0.39, 0.29) is 5.82 Å². The molecule has 0 aliphatic rings. The van der Waals surface area contributed by atoms with Crippen molar-refractivity contribution >= 4 is 11.8 Å². The zero-order valence-corrected chi connectivity index (χ0v) is 11.7. The molecule has 1 nitrogen and oxygen atoms in total. The van der Waals surface area contributed by atoms with Crippen LogP contribution in [0.5, 0.6) is 0 Å². The summed E-state index contributed by atoms with van der Waals surface area (Å²) in [4.78, 5) is 0.814. The predicted molar refractivity (Wildman–Crippen MR) is 74.0 cm³/mol. The maximum absolute atomic E-state index is 13.8. The van der Waals surface area contributed by atoms with E-state index in [0.29, 0.717) is 6.04 Å². The first-order valence-electron chi connectivity index (χ1n) is 6.28. The standard InChI is InChI=1S/C14H22FNS/c1-4-5-9-17-14-12(10-16-11(2)3)7-6-8-13(14)15/h6-8,11,16H,4-5,9-10H2,1-3H3. The molecule has 0 unspecified atom stereocenters. The minimum Gasteiger partial charge on any atom is -0.310 e. The Morgan fingerprint density at radius 3 is 2.76 bits per heavy atom. The lowest BCUT2D eigenvalue weighted by Crippen LogP contribution is -2.22. The SMILES string of the molecule is CCCCSc1c(F)cccc1CNC(C)C. The normalized spacial score (nSPS) is 11.1. The molecular weight excluding hydrogens is 233 g/mol. The zero-order valence-electron chi connectivity index (χ0n) is 10.9. The van der Waals surface area contributed by atoms with Gasteiger partial charge in [-0.2, -0.15) is 0 Å². The van der Waals surface area contributed by atoms with Gasteiger partial charge in [-0.3, -0.25) is 0 Å². The molecule has 0 saturated heterocycles. The molecule has 1 N–H and O–H groups in total. The van der Waals surface area contributed by atoms with Gasteiger partial charge in [-0.25, -0.2) is 4.39 Å². The third kappa shape index (κ3) is 5.09. The molecule has 1 rings (SSSR count). The Morgan fingerprint density at radius 1 is 1.35 bits per heavy atom. The van der Waals surface area contributed by atoms with Crippen LogP contribution in [-0.2, 0) is 6.54 Å². The van der Waals surface area contributed by atoms with Crippen molar-refractivity contribution in [1.82, 2.24) is 5.32 Å². The van der Waals surface area contributed by atoms with Gasteiger partial charge in [0.25, 0.3) is 0 Å². The Kier molecular flexibility index (Phi) is 6.60. The van der Waals surface area contributed by atoms with Crippen molar-refractivity contribution in [2.75, 3.05) is 5.75 Å². The Hall–Kier alpha value is -0.540. The first-order valence-corrected chi connectivity index (χ1v) is 7.27. The van der Waals surface area contributed by atoms with Crippen molar-refractivity contribution in [3.8, 4) is 0 Å². The minimum atomic E-state index is -0.0887. The van der Waals surface area contributed by atoms with E-state index in [1.165, 1.54) is 0 Å². The Bertz CT molecular complexity index is 339. The van der Waals surface area contributed by atoms with E-state index >= 15 is 0 Å². The molecule has 1 aromatic rings. The molecule has 0 aliphatic heterocycles. The van der Waals surface area contributed by atoms with Crippen LogP contribution in [0.25, 0.3) is 0 Å². The molecule has 0 bridgehead atoms. The van der Waals surface area contributed by atoms with Gasteiger partial charge in [-0.15, -0.1) is 11.8 Å². The van der Waals surface area contributed by atoms with Crippen LogP contribution in [-0.4, -0.2) is 11.8 Å². The number of hydrogen-bond donors (Lipinski definition) is 1. The van der Waals surface area contributed by atoms with E-state index in [1.54, 1.807) is 23.9 Å². The summed E-state index contributed by atoms with van der Waals surface area (Å²) < 4.78 is 13.8. The summed E-state index contributed by atoms with van der Waals surface area (Å²) >= 11 is 1.63. The smallest absolute Gasteiger partial charge is 0.137 e. The molecule has 96 valence electrons. The first kappa shape index (κ1) is 14.5. The molecule has 17 heavy (non-hydrogen) atoms. The van der Waals surface area contributed by atoms with Crippen LogP contribution in [0.15, 0.2) is 23.1 Å². The van der Waals surface area contributed by atoms with Gasteiger partial charge in [0.1, 0.15) is 5.82 Å². The van der Waals surface area contributed by atoms with Crippen molar-refractivity contribution in [2.45, 2.75) is 51.1 Å². The minimum absolute atomic E-state index is 0.0887. The highest BCUT2D eigenvalue weighted by Gasteiger charge is 2.08. The van der Waals surface area contributed by atoms with Crippen molar-refractivity contribution in [2.24, 2.45) is 0 Å². The second kappa shape index (κ2) is 7.72. The molecule has 0 amide bonds. The first-order chi connectivity index (χ1) is 8.15. The highest BCUT2D eigenvalue weighted by Crippen LogP contribution is 2.27. The maximum atomic E-state index is 13.8. The average molecular weight is 255 g/mol. The van der Waals surface area contributed by atoms with E-state index in [0.717, 1.165) is 35.6 Å². The van der Waals surface area contributed by atoms with Crippen LogP contribution in [0, 0.1) is 5.82 Å². The molecule has 0 fully saturated rings. The molecular formula is C14H22FNS. The monoisotopic (exact) mass is 255 g/mol. The lowest BCUT2D eigenvalue weighted by atomic mass is 10.2. The maximum Gasteiger partial charge on any atom is 0.137 e. The van der Waals surface area contributed by atoms with Gasteiger partial charge in [0, 0.05) is 17.5 Å². The third-order valence-corrected chi connectivity index (χ3v) is 3.73. The van der Waals surface area contributed by atoms with Crippen LogP contribution < -0.4 is 5.32 Å². The molecule has 0 heterocycles. The van der Waals surface area contributed by atoms with Crippen LogP contribution in [0.2, 0.25) is 0 Å². The van der Waals surface area contributed by atoms with Crippen LogP contribution >= 0.6 is 11.8 Å². The van der Waals surface area contributed by atoms with E-state index in [1.807, 2.05) is 6.07 Å². The Balaban J connectivity index is 2.69. The second-order valence-electron chi connectivity index (χ2n) is 4.47. The van der Waals surface area contributed by atoms with Gasteiger partial charge in [0.2, 0.25) is 0 Å². The summed E-state index contributed by atoms with van der Waals surface area (Å²) in [7, 11) is 0. The van der Waals surface area contributed by atoms with Crippen LogP contribution in [0.1, 0.15) is 39.2 Å². The summed E-state index contributed by atoms with van der Waals surface area (Å²) in [6.45, 7) is 7.10. The fourth-order valence-corrected chi connectivity index (χ4v) is 2.66. The van der Waals surface area contributed by atoms with E-state index < -0.39 is 0 Å². The molecule has 0 aromatic heterocycles. The molecule has 0 radical (unpaired) electrons. The third-order valence-electron chi connectivity index (χ3n) is 2.49. The summed E-state index contributed by atoms with van der Waals surface area (Å²) in [5.41, 5.74) is 1.07. The summed E-state index contributed by atoms with van der Waals surface area (Å²) in [5, 5.41) is 3.34. The fourth-order valence-electron chi connectivity index (χ4n) is 1.49. The van der Waals surface area contributed by atoms with Gasteiger partial charge in [-0.1, -0.05) is 39.3 Å². The molecule has 3 heteroatoms. The highest BCUT2D eigenvalue weighted by molar-refractivity contribution is 7.99. The fraction of sp³-hybridized carbons (Fsp3) is 0.571. The Morgan fingerprint density at radius 2 is 2.12 bits per heavy atom. The van der Waals surface area contributed by atoms with E-state index in [9.17, 15) is 4.39 Å². The lowest BCUT2D eigenvalue weighted by Gasteiger charge is -2.13. The largest absolute Gasteiger partial charge is 0.310 e. The number of hydrogen-bond acceptors (Lipinski definition) is 2. The van der Waals surface area contributed by atoms with Gasteiger partial charge in [-0.05, 0) is 23.8 Å². The number of unbranched alkanes of at least 4 members (excludes halogenated alkanes) is 1. The summed E-state index contributed by atoms with van der Waals surface area (Å²) in [5.74, 6) is 0.903. The van der Waals surface area contributed by atoms with E-state index in [4.69, 9.17) is 0 Å². The Labute approximate surface area is 108 Å². The topological polar surface area (TPSA) is 12.0 Å². The van der Waals surface area contributed by atoms with Crippen molar-refractivity contribution in [3.05, 3.63) is 29.6 Å². The lowest BCUT2D eigenvalue weighted by molar-refractivity contribution is 0.564. The quantitative estimate of drug-likeness (QED) is 0.578. The molecule has 0 aliphatic carbocycles. The number of thioether (sulfide) groups is 1. The van der Waals surface area contributed by atoms with Gasteiger partial charge in [0.15, 0.2) is 0 Å². The number of benzene rings is 1. The number of nitrogens with one attached hydrogen (secondary N) is 1. The van der Waals surface area contributed by atoms with E-state index in [2.05, 4.69) is 26.1 Å². The average Bonchev–Trinajstić information content (AvgIpc) is 2.29. The van der Waals surface area contributed by atoms with Crippen molar-refractivity contribution in [3.63, 3.8) is 0 Å². The zero-order chi connectivity index (χ0) is 12.7. The van der Waals surface area contributed by atoms with Gasteiger partial charge < -0.3 is 5.32 Å². The highest BCUT2D eigenvalue weighted by atomic mass is 32.2. The predicted octanol–water partition coefficient (Wildman–Crippen LogP) is 4.22. The summed E-state index contributed by atoms with van der Waals surface area (Å²) in [6.07, 6.45) is 2.29. The van der Waals surface area contributed by atoms with Crippen LogP contribution in [0.4, 0.5) is 4.39 Å². The van der Waals surface area contributed by atoms with Gasteiger partial charge >= 0.3 is 0 Å². The number of rotatable bonds is 7. The molecule has 0 spiro atoms. The number of halogens is 1. The van der Waals surface area contributed by atoms with Crippen LogP contribution in [0.3, 0.4) is 0 Å². The second-order valence-corrected chi connectivity index (χ2v) is 5.57. The molecule has 0 saturated carbocycles. The summed E-state index contributed by atoms with van der Waals surface area (Å²) in [6, 6.07) is 5.77. The van der Waals surface area contributed by atoms with Crippen molar-refractivity contribution in [1.29, 1.82) is 0 Å². The molecule has 1 aromatic carbocycles. The molecule has 0 atom stereocenters. The van der Waals surface area contributed by atoms with Crippen molar-refractivity contribution < 1.29 is 4.39 Å².